The van der Waals surface area contributed by atoms with E-state index in [0.29, 0.717) is 6.04 Å². The summed E-state index contributed by atoms with van der Waals surface area (Å²) in [7, 11) is 0. The van der Waals surface area contributed by atoms with E-state index in [-0.39, 0.29) is 5.41 Å². The maximum absolute atomic E-state index is 9.83. The van der Waals surface area contributed by atoms with Crippen LogP contribution < -0.4 is 11.1 Å². The largest absolute Gasteiger partial charge is 0.327 e. The molecule has 3 heteroatoms. The minimum Gasteiger partial charge on any atom is -0.327 e. The topological polar surface area (TPSA) is 55.1 Å². The number of nitrogens with one attached hydrogen (secondary N) is 1. The highest BCUT2D eigenvalue weighted by atomic mass is 16.1. The van der Waals surface area contributed by atoms with Gasteiger partial charge in [-0.05, 0) is 13.0 Å². The fourth-order valence-electron chi connectivity index (χ4n) is 0.677. The molecular formula is C9H20N2O. The molecule has 1 atom stereocenters. The van der Waals surface area contributed by atoms with Crippen molar-refractivity contribution in [2.45, 2.75) is 33.2 Å². The van der Waals surface area contributed by atoms with E-state index in [1.165, 1.54) is 0 Å². The van der Waals surface area contributed by atoms with E-state index in [2.05, 4.69) is 5.32 Å². The van der Waals surface area contributed by atoms with Crippen molar-refractivity contribution in [2.75, 3.05) is 13.1 Å². The Hall–Kier alpha value is -0.410. The van der Waals surface area contributed by atoms with Crippen molar-refractivity contribution in [3.05, 3.63) is 0 Å². The summed E-state index contributed by atoms with van der Waals surface area (Å²) in [5.41, 5.74) is 5.33. The van der Waals surface area contributed by atoms with E-state index in [1.54, 1.807) is 0 Å². The van der Waals surface area contributed by atoms with Crippen LogP contribution in [0.3, 0.4) is 0 Å². The first kappa shape index (κ1) is 11.6. The van der Waals surface area contributed by atoms with Crippen LogP contribution in [-0.4, -0.2) is 25.4 Å². The summed E-state index contributed by atoms with van der Waals surface area (Å²) >= 11 is 0. The Morgan fingerprint density at radius 1 is 1.50 bits per heavy atom. The third-order valence-electron chi connectivity index (χ3n) is 1.45. The maximum atomic E-state index is 9.83. The summed E-state index contributed by atoms with van der Waals surface area (Å²) in [5.74, 6) is 0. The third kappa shape index (κ3) is 7.69. The number of hydrogen-bond donors (Lipinski definition) is 2. The van der Waals surface area contributed by atoms with Crippen LogP contribution in [0.5, 0.6) is 0 Å². The van der Waals surface area contributed by atoms with Gasteiger partial charge < -0.3 is 15.8 Å². The normalized spacial score (nSPS) is 22.8. The molecule has 3 N–H and O–H groups in total. The Morgan fingerprint density at radius 2 is 2.00 bits per heavy atom. The molecule has 0 amide bonds. The van der Waals surface area contributed by atoms with Crippen LogP contribution in [0, 0.1) is 5.41 Å². The molecule has 1 aliphatic rings. The van der Waals surface area contributed by atoms with Crippen LogP contribution in [-0.2, 0) is 4.79 Å². The van der Waals surface area contributed by atoms with Crippen molar-refractivity contribution >= 4 is 6.29 Å². The zero-order valence-corrected chi connectivity index (χ0v) is 8.26. The Morgan fingerprint density at radius 3 is 2.08 bits per heavy atom. The molecule has 1 saturated heterocycles. The van der Waals surface area contributed by atoms with E-state index in [0.717, 1.165) is 25.8 Å². The maximum Gasteiger partial charge on any atom is 0.125 e. The molecule has 3 nitrogen and oxygen atoms in total. The molecule has 0 aliphatic carbocycles. The zero-order chi connectivity index (χ0) is 9.61. The summed E-state index contributed by atoms with van der Waals surface area (Å²) in [6.07, 6.45) is 2.09. The van der Waals surface area contributed by atoms with Crippen LogP contribution >= 0.6 is 0 Å². The average molecular weight is 172 g/mol. The Bertz CT molecular complexity index is 123. The lowest BCUT2D eigenvalue weighted by atomic mass is 10.0. The molecule has 0 aromatic heterocycles. The first-order valence-corrected chi connectivity index (χ1v) is 4.38. The molecular weight excluding hydrogens is 152 g/mol. The van der Waals surface area contributed by atoms with Gasteiger partial charge >= 0.3 is 0 Å². The highest BCUT2D eigenvalue weighted by Crippen LogP contribution is 2.05. The van der Waals surface area contributed by atoms with Crippen molar-refractivity contribution in [1.29, 1.82) is 0 Å². The summed E-state index contributed by atoms with van der Waals surface area (Å²) in [6, 6.07) is 0.435. The number of carbonyl (C=O) groups is 1. The van der Waals surface area contributed by atoms with Crippen LogP contribution in [0.2, 0.25) is 0 Å². The minimum atomic E-state index is -0.139. The fourth-order valence-corrected chi connectivity index (χ4v) is 0.677. The second-order valence-corrected chi connectivity index (χ2v) is 4.24. The van der Waals surface area contributed by atoms with Gasteiger partial charge in [-0.1, -0.05) is 20.8 Å². The number of nitrogens with two attached hydrogens (primary N) is 1. The molecule has 0 bridgehead atoms. The van der Waals surface area contributed by atoms with Gasteiger partial charge in [-0.3, -0.25) is 0 Å². The molecule has 0 radical (unpaired) electrons. The second-order valence-electron chi connectivity index (χ2n) is 4.24. The minimum absolute atomic E-state index is 0.139. The van der Waals surface area contributed by atoms with E-state index in [4.69, 9.17) is 5.73 Å². The summed E-state index contributed by atoms with van der Waals surface area (Å²) < 4.78 is 0. The third-order valence-corrected chi connectivity index (χ3v) is 1.45. The summed E-state index contributed by atoms with van der Waals surface area (Å²) in [6.45, 7) is 7.75. The van der Waals surface area contributed by atoms with Gasteiger partial charge in [0.25, 0.3) is 0 Å². The van der Waals surface area contributed by atoms with E-state index < -0.39 is 0 Å². The monoisotopic (exact) mass is 172 g/mol. The van der Waals surface area contributed by atoms with Gasteiger partial charge in [0.15, 0.2) is 0 Å². The zero-order valence-electron chi connectivity index (χ0n) is 8.26. The fraction of sp³-hybridized carbons (Fsp3) is 0.889. The number of aldehydes is 1. The average Bonchev–Trinajstić information content (AvgIpc) is 2.39. The lowest BCUT2D eigenvalue weighted by Crippen LogP contribution is -2.21. The molecule has 0 spiro atoms. The van der Waals surface area contributed by atoms with Gasteiger partial charge in [-0.2, -0.15) is 0 Å². The lowest BCUT2D eigenvalue weighted by molar-refractivity contribution is -0.113. The Labute approximate surface area is 74.7 Å². The molecule has 0 saturated carbocycles. The van der Waals surface area contributed by atoms with Crippen LogP contribution in [0.1, 0.15) is 27.2 Å². The van der Waals surface area contributed by atoms with E-state index in [9.17, 15) is 4.79 Å². The van der Waals surface area contributed by atoms with E-state index in [1.807, 2.05) is 20.8 Å². The lowest BCUT2D eigenvalue weighted by Gasteiger charge is -2.03. The highest BCUT2D eigenvalue weighted by Gasteiger charge is 2.06. The summed E-state index contributed by atoms with van der Waals surface area (Å²) in [4.78, 5) is 9.83. The predicted molar refractivity (Wildman–Crippen MR) is 51.0 cm³/mol. The molecule has 0 aromatic rings. The van der Waals surface area contributed by atoms with Crippen molar-refractivity contribution in [2.24, 2.45) is 11.1 Å². The van der Waals surface area contributed by atoms with Crippen LogP contribution in [0.25, 0.3) is 0 Å². The number of hydrogen-bond acceptors (Lipinski definition) is 3. The van der Waals surface area contributed by atoms with Gasteiger partial charge in [-0.25, -0.2) is 0 Å². The molecule has 1 heterocycles. The van der Waals surface area contributed by atoms with Crippen molar-refractivity contribution in [3.8, 4) is 0 Å². The smallest absolute Gasteiger partial charge is 0.125 e. The van der Waals surface area contributed by atoms with Crippen molar-refractivity contribution in [3.63, 3.8) is 0 Å². The van der Waals surface area contributed by atoms with Gasteiger partial charge in [0, 0.05) is 18.0 Å². The predicted octanol–water partition coefficient (Wildman–Crippen LogP) is 0.538. The Balaban J connectivity index is 0.000000202. The highest BCUT2D eigenvalue weighted by molar-refractivity contribution is 5.56. The number of rotatable bonds is 0. The second kappa shape index (κ2) is 5.27. The van der Waals surface area contributed by atoms with Crippen molar-refractivity contribution < 1.29 is 4.79 Å². The van der Waals surface area contributed by atoms with Gasteiger partial charge in [0.05, 0.1) is 0 Å². The quantitative estimate of drug-likeness (QED) is 0.524. The van der Waals surface area contributed by atoms with Gasteiger partial charge in [-0.15, -0.1) is 0 Å². The molecule has 72 valence electrons. The van der Waals surface area contributed by atoms with Crippen LogP contribution in [0.15, 0.2) is 0 Å². The first-order chi connectivity index (χ1) is 5.45. The van der Waals surface area contributed by atoms with Gasteiger partial charge in [0.2, 0.25) is 0 Å². The molecule has 1 aliphatic heterocycles. The molecule has 1 rings (SSSR count). The van der Waals surface area contributed by atoms with Crippen molar-refractivity contribution in [1.82, 2.24) is 5.32 Å². The molecule has 1 unspecified atom stereocenters. The molecule has 12 heavy (non-hydrogen) atoms. The first-order valence-electron chi connectivity index (χ1n) is 4.38. The number of carbonyl (C=O) groups excluding carboxylic acids is 1. The molecule has 1 fully saturated rings. The SMILES string of the molecule is CC(C)(C)C=O.NC1CCNC1. The summed E-state index contributed by atoms with van der Waals surface area (Å²) in [5, 5.41) is 3.15. The Kier molecular flexibility index (Phi) is 5.09. The van der Waals surface area contributed by atoms with Crippen LogP contribution in [0.4, 0.5) is 0 Å². The van der Waals surface area contributed by atoms with E-state index >= 15 is 0 Å². The standard InChI is InChI=1S/C5H10O.C4H10N2/c1-5(2,3)4-6;5-4-1-2-6-3-4/h4H,1-3H3;4,6H,1-3,5H2. The molecule has 0 aromatic carbocycles. The van der Waals surface area contributed by atoms with Gasteiger partial charge in [0.1, 0.15) is 6.29 Å².